The number of hydrogen-bond donors (Lipinski definition) is 1. The molecular weight excluding hydrogens is 381 g/mol. The van der Waals surface area contributed by atoms with Crippen LogP contribution < -0.4 is 10.1 Å². The molecule has 0 unspecified atom stereocenters. The first kappa shape index (κ1) is 19.6. The third-order valence-corrected chi connectivity index (χ3v) is 4.50. The quantitative estimate of drug-likeness (QED) is 0.611. The van der Waals surface area contributed by atoms with Crippen molar-refractivity contribution in [3.8, 4) is 5.75 Å². The standard InChI is InChI=1S/C21H19ClFN3O2/c1-14-12-20(25-26(14)13-17-18(22)4-3-5-19(17)23)24-21(27)11-8-15-6-9-16(28-2)10-7-15/h3-12H,13H2,1-2H3,(H,24,25,27)/b11-8+. The monoisotopic (exact) mass is 399 g/mol. The van der Waals surface area contributed by atoms with E-state index < -0.39 is 5.82 Å². The van der Waals surface area contributed by atoms with Crippen LogP contribution in [0.5, 0.6) is 5.75 Å². The number of rotatable bonds is 6. The number of anilines is 1. The smallest absolute Gasteiger partial charge is 0.249 e. The number of carbonyl (C=O) groups is 1. The first-order chi connectivity index (χ1) is 13.5. The first-order valence-corrected chi connectivity index (χ1v) is 8.94. The summed E-state index contributed by atoms with van der Waals surface area (Å²) < 4.78 is 20.7. The fraction of sp³-hybridized carbons (Fsp3) is 0.143. The average molecular weight is 400 g/mol. The molecule has 0 aliphatic heterocycles. The SMILES string of the molecule is COc1ccc(/C=C/C(=O)Nc2cc(C)n(Cc3c(F)cccc3Cl)n2)cc1. The molecule has 2 aromatic carbocycles. The molecule has 144 valence electrons. The molecule has 3 rings (SSSR count). The van der Waals surface area contributed by atoms with Gasteiger partial charge in [-0.25, -0.2) is 4.39 Å². The Morgan fingerprint density at radius 1 is 1.29 bits per heavy atom. The van der Waals surface area contributed by atoms with E-state index in [2.05, 4.69) is 10.4 Å². The van der Waals surface area contributed by atoms with Crippen molar-refractivity contribution in [1.29, 1.82) is 0 Å². The molecule has 0 saturated carbocycles. The van der Waals surface area contributed by atoms with Crippen LogP contribution in [0.1, 0.15) is 16.8 Å². The maximum absolute atomic E-state index is 14.0. The summed E-state index contributed by atoms with van der Waals surface area (Å²) in [4.78, 5) is 12.1. The highest BCUT2D eigenvalue weighted by Crippen LogP contribution is 2.21. The molecule has 0 spiro atoms. The van der Waals surface area contributed by atoms with E-state index in [1.54, 1.807) is 36.1 Å². The number of carbonyl (C=O) groups excluding carboxylic acids is 1. The van der Waals surface area contributed by atoms with Crippen molar-refractivity contribution in [2.45, 2.75) is 13.5 Å². The third kappa shape index (κ3) is 4.78. The number of methoxy groups -OCH3 is 1. The van der Waals surface area contributed by atoms with Crippen molar-refractivity contribution >= 4 is 29.4 Å². The Kier molecular flexibility index (Phi) is 6.11. The Morgan fingerprint density at radius 2 is 2.04 bits per heavy atom. The predicted molar refractivity (Wildman–Crippen MR) is 108 cm³/mol. The minimum Gasteiger partial charge on any atom is -0.497 e. The molecule has 1 heterocycles. The van der Waals surface area contributed by atoms with Gasteiger partial charge in [0, 0.05) is 28.4 Å². The summed E-state index contributed by atoms with van der Waals surface area (Å²) in [6.07, 6.45) is 3.11. The lowest BCUT2D eigenvalue weighted by atomic mass is 10.2. The van der Waals surface area contributed by atoms with Crippen molar-refractivity contribution in [2.75, 3.05) is 12.4 Å². The van der Waals surface area contributed by atoms with Crippen LogP contribution in [0.25, 0.3) is 6.08 Å². The number of aromatic nitrogens is 2. The van der Waals surface area contributed by atoms with E-state index >= 15 is 0 Å². The minimum atomic E-state index is -0.393. The van der Waals surface area contributed by atoms with Gasteiger partial charge in [0.25, 0.3) is 0 Å². The van der Waals surface area contributed by atoms with Gasteiger partial charge < -0.3 is 10.1 Å². The van der Waals surface area contributed by atoms with Crippen LogP contribution in [-0.4, -0.2) is 22.8 Å². The summed E-state index contributed by atoms with van der Waals surface area (Å²) in [5.74, 6) is 0.423. The van der Waals surface area contributed by atoms with E-state index in [1.165, 1.54) is 12.1 Å². The number of halogens is 2. The van der Waals surface area contributed by atoms with E-state index in [-0.39, 0.29) is 12.5 Å². The predicted octanol–water partition coefficient (Wildman–Crippen LogP) is 4.69. The lowest BCUT2D eigenvalue weighted by Crippen LogP contribution is -2.10. The normalized spacial score (nSPS) is 11.0. The van der Waals surface area contributed by atoms with Gasteiger partial charge in [-0.15, -0.1) is 0 Å². The molecule has 0 saturated heterocycles. The summed E-state index contributed by atoms with van der Waals surface area (Å²) in [5, 5.41) is 7.35. The van der Waals surface area contributed by atoms with Crippen LogP contribution in [0.3, 0.4) is 0 Å². The van der Waals surface area contributed by atoms with Crippen molar-refractivity contribution in [2.24, 2.45) is 0 Å². The van der Waals surface area contributed by atoms with Crippen molar-refractivity contribution in [1.82, 2.24) is 9.78 Å². The van der Waals surface area contributed by atoms with Crippen LogP contribution >= 0.6 is 11.6 Å². The van der Waals surface area contributed by atoms with E-state index in [9.17, 15) is 9.18 Å². The molecular formula is C21H19ClFN3O2. The number of nitrogens with zero attached hydrogens (tertiary/aromatic N) is 2. The van der Waals surface area contributed by atoms with Gasteiger partial charge in [0.15, 0.2) is 5.82 Å². The molecule has 0 aliphatic carbocycles. The molecule has 1 amide bonds. The lowest BCUT2D eigenvalue weighted by Gasteiger charge is -2.07. The van der Waals surface area contributed by atoms with Gasteiger partial charge in [-0.1, -0.05) is 29.8 Å². The van der Waals surface area contributed by atoms with Crippen LogP contribution in [0.4, 0.5) is 10.2 Å². The molecule has 0 fully saturated rings. The first-order valence-electron chi connectivity index (χ1n) is 8.56. The number of hydrogen-bond acceptors (Lipinski definition) is 3. The van der Waals surface area contributed by atoms with Crippen LogP contribution in [-0.2, 0) is 11.3 Å². The van der Waals surface area contributed by atoms with Gasteiger partial charge in [0.2, 0.25) is 5.91 Å². The summed E-state index contributed by atoms with van der Waals surface area (Å²) in [6.45, 7) is 2.00. The summed E-state index contributed by atoms with van der Waals surface area (Å²) in [5.41, 5.74) is 1.99. The van der Waals surface area contributed by atoms with E-state index in [1.807, 2.05) is 31.2 Å². The molecule has 3 aromatic rings. The van der Waals surface area contributed by atoms with Crippen molar-refractivity contribution < 1.29 is 13.9 Å². The van der Waals surface area contributed by atoms with Crippen LogP contribution in [0, 0.1) is 12.7 Å². The van der Waals surface area contributed by atoms with Gasteiger partial charge in [0.1, 0.15) is 11.6 Å². The second-order valence-corrected chi connectivity index (χ2v) is 6.53. The fourth-order valence-corrected chi connectivity index (χ4v) is 2.84. The van der Waals surface area contributed by atoms with E-state index in [4.69, 9.17) is 16.3 Å². The topological polar surface area (TPSA) is 56.1 Å². The second kappa shape index (κ2) is 8.71. The molecule has 28 heavy (non-hydrogen) atoms. The van der Waals surface area contributed by atoms with Gasteiger partial charge in [-0.3, -0.25) is 9.48 Å². The number of nitrogens with one attached hydrogen (secondary N) is 1. The molecule has 0 radical (unpaired) electrons. The Bertz CT molecular complexity index is 993. The zero-order chi connectivity index (χ0) is 20.1. The molecule has 0 bridgehead atoms. The zero-order valence-electron chi connectivity index (χ0n) is 15.4. The Labute approximate surface area is 167 Å². The summed E-state index contributed by atoms with van der Waals surface area (Å²) in [6, 6.07) is 13.6. The van der Waals surface area contributed by atoms with Crippen molar-refractivity contribution in [3.63, 3.8) is 0 Å². The zero-order valence-corrected chi connectivity index (χ0v) is 16.2. The summed E-state index contributed by atoms with van der Waals surface area (Å²) in [7, 11) is 1.60. The number of amides is 1. The Morgan fingerprint density at radius 3 is 2.71 bits per heavy atom. The molecule has 1 N–H and O–H groups in total. The Hall–Kier alpha value is -3.12. The fourth-order valence-electron chi connectivity index (χ4n) is 2.62. The Balaban J connectivity index is 1.67. The summed E-state index contributed by atoms with van der Waals surface area (Å²) >= 11 is 6.07. The number of ether oxygens (including phenoxy) is 1. The van der Waals surface area contributed by atoms with Gasteiger partial charge in [-0.05, 0) is 42.8 Å². The highest BCUT2D eigenvalue weighted by Gasteiger charge is 2.11. The molecule has 0 atom stereocenters. The maximum Gasteiger partial charge on any atom is 0.249 e. The maximum atomic E-state index is 14.0. The highest BCUT2D eigenvalue weighted by molar-refractivity contribution is 6.31. The second-order valence-electron chi connectivity index (χ2n) is 6.12. The van der Waals surface area contributed by atoms with E-state index in [0.29, 0.717) is 16.4 Å². The van der Waals surface area contributed by atoms with Crippen LogP contribution in [0.15, 0.2) is 54.6 Å². The largest absolute Gasteiger partial charge is 0.497 e. The van der Waals surface area contributed by atoms with Gasteiger partial charge in [-0.2, -0.15) is 5.10 Å². The average Bonchev–Trinajstić information content (AvgIpc) is 3.02. The van der Waals surface area contributed by atoms with Gasteiger partial charge in [0.05, 0.1) is 13.7 Å². The van der Waals surface area contributed by atoms with Gasteiger partial charge >= 0.3 is 0 Å². The lowest BCUT2D eigenvalue weighted by molar-refractivity contribution is -0.111. The molecule has 7 heteroatoms. The molecule has 5 nitrogen and oxygen atoms in total. The number of aryl methyl sites for hydroxylation is 1. The molecule has 0 aliphatic rings. The highest BCUT2D eigenvalue weighted by atomic mass is 35.5. The third-order valence-electron chi connectivity index (χ3n) is 4.14. The van der Waals surface area contributed by atoms with E-state index in [0.717, 1.165) is 17.0 Å². The van der Waals surface area contributed by atoms with Crippen LogP contribution in [0.2, 0.25) is 5.02 Å². The van der Waals surface area contributed by atoms with Crippen molar-refractivity contribution in [3.05, 3.63) is 82.3 Å². The molecule has 1 aromatic heterocycles. The number of benzene rings is 2. The minimum absolute atomic E-state index is 0.175.